The topological polar surface area (TPSA) is 63.5 Å². The SMILES string of the molecule is CCNC(=NCC1Cc2ccccc2O1)NCCn1ccnc1.I. The summed E-state index contributed by atoms with van der Waals surface area (Å²) in [6.45, 7) is 5.20. The van der Waals surface area contributed by atoms with E-state index in [0.717, 1.165) is 37.8 Å². The number of para-hydroxylation sites is 1. The van der Waals surface area contributed by atoms with E-state index in [2.05, 4.69) is 39.7 Å². The van der Waals surface area contributed by atoms with Crippen LogP contribution < -0.4 is 15.4 Å². The summed E-state index contributed by atoms with van der Waals surface area (Å²) in [5, 5.41) is 6.61. The third-order valence-corrected chi connectivity index (χ3v) is 3.73. The molecule has 0 amide bonds. The van der Waals surface area contributed by atoms with Crippen molar-refractivity contribution >= 4 is 29.9 Å². The number of nitrogens with zero attached hydrogens (tertiary/aromatic N) is 3. The summed E-state index contributed by atoms with van der Waals surface area (Å²) < 4.78 is 7.96. The number of aliphatic imine (C=N–C) groups is 1. The zero-order valence-electron chi connectivity index (χ0n) is 13.8. The maximum Gasteiger partial charge on any atom is 0.191 e. The van der Waals surface area contributed by atoms with Gasteiger partial charge in [0, 0.05) is 38.4 Å². The number of imidazole rings is 1. The number of ether oxygens (including phenoxy) is 1. The summed E-state index contributed by atoms with van der Waals surface area (Å²) in [6, 6.07) is 8.20. The molecule has 130 valence electrons. The largest absolute Gasteiger partial charge is 0.488 e. The molecule has 0 saturated heterocycles. The first-order valence-electron chi connectivity index (χ1n) is 8.07. The Morgan fingerprint density at radius 3 is 3.00 bits per heavy atom. The smallest absolute Gasteiger partial charge is 0.191 e. The second-order valence-corrected chi connectivity index (χ2v) is 5.50. The molecule has 1 aliphatic heterocycles. The van der Waals surface area contributed by atoms with Gasteiger partial charge in [-0.2, -0.15) is 0 Å². The highest BCUT2D eigenvalue weighted by molar-refractivity contribution is 14.0. The van der Waals surface area contributed by atoms with Gasteiger partial charge in [-0.15, -0.1) is 24.0 Å². The molecule has 6 nitrogen and oxygen atoms in total. The number of halogens is 1. The molecular weight excluding hydrogens is 417 g/mol. The predicted molar refractivity (Wildman–Crippen MR) is 106 cm³/mol. The number of hydrogen-bond acceptors (Lipinski definition) is 3. The Morgan fingerprint density at radius 1 is 1.38 bits per heavy atom. The maximum absolute atomic E-state index is 5.92. The van der Waals surface area contributed by atoms with Crippen LogP contribution >= 0.6 is 24.0 Å². The molecule has 1 atom stereocenters. The van der Waals surface area contributed by atoms with Crippen LogP contribution in [0.1, 0.15) is 12.5 Å². The highest BCUT2D eigenvalue weighted by atomic mass is 127. The van der Waals surface area contributed by atoms with Crippen LogP contribution in [0.4, 0.5) is 0 Å². The van der Waals surface area contributed by atoms with Crippen molar-refractivity contribution in [2.75, 3.05) is 19.6 Å². The summed E-state index contributed by atoms with van der Waals surface area (Å²) in [4.78, 5) is 8.68. The average molecular weight is 441 g/mol. The average Bonchev–Trinajstić information content (AvgIpc) is 3.21. The molecule has 7 heteroatoms. The molecule has 0 saturated carbocycles. The van der Waals surface area contributed by atoms with Crippen molar-refractivity contribution in [3.8, 4) is 5.75 Å². The fraction of sp³-hybridized carbons (Fsp3) is 0.412. The van der Waals surface area contributed by atoms with E-state index >= 15 is 0 Å². The number of aromatic nitrogens is 2. The van der Waals surface area contributed by atoms with Crippen molar-refractivity contribution in [1.82, 2.24) is 20.2 Å². The number of hydrogen-bond donors (Lipinski definition) is 2. The van der Waals surface area contributed by atoms with Crippen LogP contribution in [-0.2, 0) is 13.0 Å². The quantitative estimate of drug-likeness (QED) is 0.410. The van der Waals surface area contributed by atoms with Gasteiger partial charge in [0.05, 0.1) is 12.9 Å². The Balaban J connectivity index is 0.00000208. The maximum atomic E-state index is 5.92. The van der Waals surface area contributed by atoms with E-state index < -0.39 is 0 Å². The lowest BCUT2D eigenvalue weighted by Gasteiger charge is -2.13. The lowest BCUT2D eigenvalue weighted by Crippen LogP contribution is -2.39. The highest BCUT2D eigenvalue weighted by Crippen LogP contribution is 2.28. The van der Waals surface area contributed by atoms with E-state index in [9.17, 15) is 0 Å². The Hall–Kier alpha value is -1.77. The molecule has 2 N–H and O–H groups in total. The van der Waals surface area contributed by atoms with Gasteiger partial charge in [0.25, 0.3) is 0 Å². The Labute approximate surface area is 159 Å². The molecule has 0 fully saturated rings. The summed E-state index contributed by atoms with van der Waals surface area (Å²) in [5.74, 6) is 1.82. The van der Waals surface area contributed by atoms with Crippen molar-refractivity contribution in [1.29, 1.82) is 0 Å². The molecule has 0 aliphatic carbocycles. The number of rotatable bonds is 6. The fourth-order valence-electron chi connectivity index (χ4n) is 2.61. The van der Waals surface area contributed by atoms with Gasteiger partial charge in [-0.05, 0) is 18.6 Å². The first-order chi connectivity index (χ1) is 11.3. The minimum absolute atomic E-state index is 0. The van der Waals surface area contributed by atoms with Gasteiger partial charge in [-0.1, -0.05) is 18.2 Å². The van der Waals surface area contributed by atoms with Crippen LogP contribution in [0.25, 0.3) is 0 Å². The van der Waals surface area contributed by atoms with E-state index in [-0.39, 0.29) is 30.1 Å². The van der Waals surface area contributed by atoms with Crippen molar-refractivity contribution in [3.05, 3.63) is 48.5 Å². The summed E-state index contributed by atoms with van der Waals surface area (Å²) >= 11 is 0. The Kier molecular flexibility index (Phi) is 7.36. The van der Waals surface area contributed by atoms with E-state index in [4.69, 9.17) is 4.74 Å². The molecule has 2 aromatic rings. The van der Waals surface area contributed by atoms with E-state index in [1.807, 2.05) is 29.2 Å². The minimum Gasteiger partial charge on any atom is -0.488 e. The third kappa shape index (κ3) is 5.12. The van der Waals surface area contributed by atoms with E-state index in [1.54, 1.807) is 6.20 Å². The first-order valence-corrected chi connectivity index (χ1v) is 8.07. The normalized spacial score (nSPS) is 16.0. The van der Waals surface area contributed by atoms with Crippen molar-refractivity contribution in [3.63, 3.8) is 0 Å². The number of nitrogens with one attached hydrogen (secondary N) is 2. The van der Waals surface area contributed by atoms with Gasteiger partial charge in [-0.3, -0.25) is 0 Å². The van der Waals surface area contributed by atoms with Gasteiger partial charge < -0.3 is 19.9 Å². The summed E-state index contributed by atoms with van der Waals surface area (Å²) in [6.07, 6.45) is 6.60. The molecule has 1 unspecified atom stereocenters. The van der Waals surface area contributed by atoms with Gasteiger partial charge in [0.1, 0.15) is 11.9 Å². The Morgan fingerprint density at radius 2 is 2.25 bits per heavy atom. The molecular formula is C17H24IN5O. The number of guanidine groups is 1. The van der Waals surface area contributed by atoms with Gasteiger partial charge in [0.2, 0.25) is 0 Å². The van der Waals surface area contributed by atoms with Crippen LogP contribution in [0.15, 0.2) is 48.0 Å². The number of fused-ring (bicyclic) bond motifs is 1. The third-order valence-electron chi connectivity index (χ3n) is 3.73. The second kappa shape index (κ2) is 9.51. The summed E-state index contributed by atoms with van der Waals surface area (Å²) in [7, 11) is 0. The van der Waals surface area contributed by atoms with Gasteiger partial charge in [-0.25, -0.2) is 9.98 Å². The number of benzene rings is 1. The molecule has 0 spiro atoms. The van der Waals surface area contributed by atoms with Crippen LogP contribution in [0.3, 0.4) is 0 Å². The standard InChI is InChI=1S/C17H23N5O.HI/c1-2-19-17(20-8-10-22-9-7-18-13-22)21-12-15-11-14-5-3-4-6-16(14)23-15;/h3-7,9,13,15H,2,8,10-12H2,1H3,(H2,19,20,21);1H. The van der Waals surface area contributed by atoms with Crippen molar-refractivity contribution in [2.45, 2.75) is 26.0 Å². The second-order valence-electron chi connectivity index (χ2n) is 5.50. The molecule has 1 aromatic heterocycles. The lowest BCUT2D eigenvalue weighted by molar-refractivity contribution is 0.241. The molecule has 2 heterocycles. The van der Waals surface area contributed by atoms with Crippen LogP contribution in [0.2, 0.25) is 0 Å². The summed E-state index contributed by atoms with van der Waals surface area (Å²) in [5.41, 5.74) is 1.27. The minimum atomic E-state index is 0. The van der Waals surface area contributed by atoms with E-state index in [0.29, 0.717) is 6.54 Å². The fourth-order valence-corrected chi connectivity index (χ4v) is 2.61. The molecule has 0 bridgehead atoms. The zero-order chi connectivity index (χ0) is 15.9. The van der Waals surface area contributed by atoms with Gasteiger partial charge >= 0.3 is 0 Å². The van der Waals surface area contributed by atoms with Crippen molar-refractivity contribution < 1.29 is 4.74 Å². The van der Waals surface area contributed by atoms with Crippen molar-refractivity contribution in [2.24, 2.45) is 4.99 Å². The van der Waals surface area contributed by atoms with Crippen LogP contribution in [0.5, 0.6) is 5.75 Å². The highest BCUT2D eigenvalue weighted by Gasteiger charge is 2.21. The van der Waals surface area contributed by atoms with Crippen LogP contribution in [-0.4, -0.2) is 41.2 Å². The van der Waals surface area contributed by atoms with Crippen LogP contribution in [0, 0.1) is 0 Å². The monoisotopic (exact) mass is 441 g/mol. The first kappa shape index (κ1) is 18.6. The molecule has 24 heavy (non-hydrogen) atoms. The molecule has 1 aromatic carbocycles. The van der Waals surface area contributed by atoms with E-state index in [1.165, 1.54) is 5.56 Å². The molecule has 0 radical (unpaired) electrons. The lowest BCUT2D eigenvalue weighted by atomic mass is 10.1. The predicted octanol–water partition coefficient (Wildman–Crippen LogP) is 2.06. The molecule has 3 rings (SSSR count). The Bertz CT molecular complexity index is 619. The van der Waals surface area contributed by atoms with Gasteiger partial charge in [0.15, 0.2) is 5.96 Å². The zero-order valence-corrected chi connectivity index (χ0v) is 16.1. The molecule has 1 aliphatic rings.